The fourth-order valence-electron chi connectivity index (χ4n) is 0.991. The van der Waals surface area contributed by atoms with E-state index in [1.54, 1.807) is 13.8 Å². The van der Waals surface area contributed by atoms with Gasteiger partial charge in [0.2, 0.25) is 0 Å². The summed E-state index contributed by atoms with van der Waals surface area (Å²) in [6.45, 7) is 8.98. The maximum Gasteiger partial charge on any atom is 0.105 e. The highest BCUT2D eigenvalue weighted by Gasteiger charge is 2.14. The fraction of sp³-hybridized carbons (Fsp3) is 0.636. The highest BCUT2D eigenvalue weighted by atomic mass is 19.1. The van der Waals surface area contributed by atoms with Gasteiger partial charge >= 0.3 is 0 Å². The van der Waals surface area contributed by atoms with Gasteiger partial charge < -0.3 is 0 Å². The lowest BCUT2D eigenvalue weighted by Gasteiger charge is -2.13. The quantitative estimate of drug-likeness (QED) is 0.546. The Morgan fingerprint density at radius 1 is 1.50 bits per heavy atom. The Labute approximate surface area is 75.2 Å². The van der Waals surface area contributed by atoms with Crippen molar-refractivity contribution < 1.29 is 4.39 Å². The molecule has 12 heavy (non-hydrogen) atoms. The Morgan fingerprint density at radius 2 is 2.08 bits per heavy atom. The molecule has 0 fully saturated rings. The summed E-state index contributed by atoms with van der Waals surface area (Å²) in [6.07, 6.45) is 6.27. The molecule has 0 amide bonds. The van der Waals surface area contributed by atoms with Crippen LogP contribution in [0.2, 0.25) is 0 Å². The van der Waals surface area contributed by atoms with E-state index in [-0.39, 0.29) is 0 Å². The van der Waals surface area contributed by atoms with Gasteiger partial charge in [0.05, 0.1) is 0 Å². The molecule has 70 valence electrons. The van der Waals surface area contributed by atoms with Crippen molar-refractivity contribution in [1.29, 1.82) is 0 Å². The molecular weight excluding hydrogens is 151 g/mol. The van der Waals surface area contributed by atoms with Gasteiger partial charge in [-0.1, -0.05) is 31.2 Å². The molecule has 0 aliphatic heterocycles. The molecule has 0 saturated heterocycles. The molecule has 1 heteroatoms. The molecule has 0 bridgehead atoms. The summed E-state index contributed by atoms with van der Waals surface area (Å²) in [6, 6.07) is 0. The Kier molecular flexibility index (Phi) is 4.87. The largest absolute Gasteiger partial charge is 0.244 e. The molecule has 0 aromatic rings. The average Bonchev–Trinajstić information content (AvgIpc) is 1.96. The summed E-state index contributed by atoms with van der Waals surface area (Å²) in [5.41, 5.74) is 0.0961. The van der Waals surface area contributed by atoms with Crippen LogP contribution in [-0.2, 0) is 0 Å². The monoisotopic (exact) mass is 170 g/mol. The Bertz CT molecular complexity index is 160. The van der Waals surface area contributed by atoms with Gasteiger partial charge in [0.15, 0.2) is 0 Å². The molecule has 0 saturated carbocycles. The van der Waals surface area contributed by atoms with Crippen LogP contribution in [0.5, 0.6) is 0 Å². The van der Waals surface area contributed by atoms with Gasteiger partial charge in [0, 0.05) is 0 Å². The van der Waals surface area contributed by atoms with E-state index >= 15 is 0 Å². The molecule has 0 aliphatic carbocycles. The molecule has 0 aromatic carbocycles. The van der Waals surface area contributed by atoms with E-state index in [0.29, 0.717) is 6.42 Å². The first-order valence-corrected chi connectivity index (χ1v) is 4.50. The van der Waals surface area contributed by atoms with Crippen LogP contribution in [0, 0.1) is 0 Å². The van der Waals surface area contributed by atoms with Crippen LogP contribution in [0.3, 0.4) is 0 Å². The first-order chi connectivity index (χ1) is 5.49. The highest BCUT2D eigenvalue weighted by Crippen LogP contribution is 2.20. The number of halogens is 1. The van der Waals surface area contributed by atoms with Crippen LogP contribution >= 0.6 is 0 Å². The molecule has 0 spiro atoms. The first kappa shape index (κ1) is 11.4. The number of rotatable bonds is 5. The topological polar surface area (TPSA) is 0 Å². The van der Waals surface area contributed by atoms with Crippen LogP contribution in [0.15, 0.2) is 24.3 Å². The van der Waals surface area contributed by atoms with Crippen molar-refractivity contribution >= 4 is 0 Å². The molecular formula is C11H19F. The van der Waals surface area contributed by atoms with Crippen molar-refractivity contribution in [2.45, 2.75) is 45.7 Å². The summed E-state index contributed by atoms with van der Waals surface area (Å²) < 4.78 is 13.1. The molecule has 0 nitrogen and oxygen atoms in total. The average molecular weight is 170 g/mol. The van der Waals surface area contributed by atoms with Gasteiger partial charge in [0.25, 0.3) is 0 Å². The fourth-order valence-corrected chi connectivity index (χ4v) is 0.991. The SMILES string of the molecule is C=C/C(=C\CC)CCC(C)(C)F. The van der Waals surface area contributed by atoms with Crippen LogP contribution in [0.1, 0.15) is 40.0 Å². The lowest BCUT2D eigenvalue weighted by Crippen LogP contribution is -2.11. The predicted molar refractivity (Wildman–Crippen MR) is 53.0 cm³/mol. The van der Waals surface area contributed by atoms with Gasteiger partial charge in [-0.3, -0.25) is 0 Å². The lowest BCUT2D eigenvalue weighted by molar-refractivity contribution is 0.202. The maximum absolute atomic E-state index is 13.1. The molecule has 0 aromatic heterocycles. The van der Waals surface area contributed by atoms with Crippen LogP contribution in [-0.4, -0.2) is 5.67 Å². The molecule has 0 heterocycles. The van der Waals surface area contributed by atoms with Crippen molar-refractivity contribution in [3.8, 4) is 0 Å². The zero-order valence-corrected chi connectivity index (χ0v) is 8.36. The van der Waals surface area contributed by atoms with Gasteiger partial charge in [-0.2, -0.15) is 0 Å². The molecule has 0 atom stereocenters. The third kappa shape index (κ3) is 6.14. The van der Waals surface area contributed by atoms with Gasteiger partial charge in [0.1, 0.15) is 5.67 Å². The zero-order chi connectivity index (χ0) is 9.61. The van der Waals surface area contributed by atoms with Crippen LogP contribution < -0.4 is 0 Å². The Morgan fingerprint density at radius 3 is 2.42 bits per heavy atom. The van der Waals surface area contributed by atoms with Gasteiger partial charge in [-0.15, -0.1) is 0 Å². The third-order valence-corrected chi connectivity index (χ3v) is 1.74. The van der Waals surface area contributed by atoms with E-state index in [4.69, 9.17) is 0 Å². The van der Waals surface area contributed by atoms with E-state index in [1.807, 2.05) is 6.08 Å². The minimum atomic E-state index is -1.06. The Hall–Kier alpha value is -0.590. The van der Waals surface area contributed by atoms with E-state index in [1.165, 1.54) is 0 Å². The third-order valence-electron chi connectivity index (χ3n) is 1.74. The molecule has 0 rings (SSSR count). The van der Waals surface area contributed by atoms with E-state index in [2.05, 4.69) is 19.6 Å². The van der Waals surface area contributed by atoms with Crippen molar-refractivity contribution in [3.63, 3.8) is 0 Å². The normalized spacial score (nSPS) is 13.2. The second-order valence-corrected chi connectivity index (χ2v) is 3.61. The standard InChI is InChI=1S/C11H19F/c1-5-7-10(6-2)8-9-11(3,4)12/h6-7H,2,5,8-9H2,1,3-4H3/b10-7+. The van der Waals surface area contributed by atoms with Crippen LogP contribution in [0.25, 0.3) is 0 Å². The van der Waals surface area contributed by atoms with Crippen molar-refractivity contribution in [1.82, 2.24) is 0 Å². The van der Waals surface area contributed by atoms with Crippen LogP contribution in [0.4, 0.5) is 4.39 Å². The Balaban J connectivity index is 3.90. The van der Waals surface area contributed by atoms with E-state index < -0.39 is 5.67 Å². The number of alkyl halides is 1. The molecule has 0 aliphatic rings. The van der Waals surface area contributed by atoms with Crippen molar-refractivity contribution in [2.75, 3.05) is 0 Å². The second kappa shape index (κ2) is 5.13. The molecule has 0 radical (unpaired) electrons. The minimum Gasteiger partial charge on any atom is -0.244 e. The lowest BCUT2D eigenvalue weighted by atomic mass is 10.00. The summed E-state index contributed by atoms with van der Waals surface area (Å²) in [7, 11) is 0. The number of hydrogen-bond donors (Lipinski definition) is 0. The summed E-state index contributed by atoms with van der Waals surface area (Å²) in [5.74, 6) is 0. The van der Waals surface area contributed by atoms with E-state index in [0.717, 1.165) is 18.4 Å². The van der Waals surface area contributed by atoms with E-state index in [9.17, 15) is 4.39 Å². The minimum absolute atomic E-state index is 0.574. The molecule has 0 unspecified atom stereocenters. The predicted octanol–water partition coefficient (Wildman–Crippen LogP) is 4.04. The first-order valence-electron chi connectivity index (χ1n) is 4.50. The number of hydrogen-bond acceptors (Lipinski definition) is 0. The van der Waals surface area contributed by atoms with Gasteiger partial charge in [-0.25, -0.2) is 4.39 Å². The van der Waals surface area contributed by atoms with Gasteiger partial charge in [-0.05, 0) is 33.1 Å². The zero-order valence-electron chi connectivity index (χ0n) is 8.36. The second-order valence-electron chi connectivity index (χ2n) is 3.61. The molecule has 0 N–H and O–H groups in total. The highest BCUT2D eigenvalue weighted by molar-refractivity contribution is 5.15. The summed E-state index contributed by atoms with van der Waals surface area (Å²) in [4.78, 5) is 0. The summed E-state index contributed by atoms with van der Waals surface area (Å²) in [5, 5.41) is 0. The smallest absolute Gasteiger partial charge is 0.105 e. The van der Waals surface area contributed by atoms with Crippen molar-refractivity contribution in [2.24, 2.45) is 0 Å². The van der Waals surface area contributed by atoms with Crippen molar-refractivity contribution in [3.05, 3.63) is 24.3 Å². The summed E-state index contributed by atoms with van der Waals surface area (Å²) >= 11 is 0. The number of allylic oxidation sites excluding steroid dienone is 3. The maximum atomic E-state index is 13.1.